The number of nitrogens with two attached hydrogens (primary N) is 1. The fraction of sp³-hybridized carbons (Fsp3) is 0.273. The molecule has 0 spiro atoms. The molecule has 0 aromatic heterocycles. The molecule has 1 aromatic carbocycles. The fourth-order valence-corrected chi connectivity index (χ4v) is 1.19. The normalized spacial score (nSPS) is 11.6. The van der Waals surface area contributed by atoms with Crippen molar-refractivity contribution in [2.24, 2.45) is 5.73 Å². The highest BCUT2D eigenvalue weighted by atomic mass is 16.5. The molecule has 6 heteroatoms. The van der Waals surface area contributed by atoms with E-state index >= 15 is 0 Å². The van der Waals surface area contributed by atoms with Gasteiger partial charge in [0.2, 0.25) is 5.91 Å². The van der Waals surface area contributed by atoms with Gasteiger partial charge in [0.25, 0.3) is 0 Å². The van der Waals surface area contributed by atoms with Crippen LogP contribution in [0.2, 0.25) is 0 Å². The molecule has 1 rings (SSSR count). The van der Waals surface area contributed by atoms with Crippen LogP contribution < -0.4 is 15.8 Å². The van der Waals surface area contributed by atoms with E-state index in [0.29, 0.717) is 5.75 Å². The third-order valence-corrected chi connectivity index (χ3v) is 2.15. The maximum atomic E-state index is 11.3. The summed E-state index contributed by atoms with van der Waals surface area (Å²) in [5, 5.41) is 11.0. The summed E-state index contributed by atoms with van der Waals surface area (Å²) in [6.45, 7) is 0.205. The van der Waals surface area contributed by atoms with E-state index < -0.39 is 17.9 Å². The van der Waals surface area contributed by atoms with Crippen LogP contribution in [-0.2, 0) is 16.1 Å². The van der Waals surface area contributed by atoms with Gasteiger partial charge >= 0.3 is 5.97 Å². The minimum absolute atomic E-state index is 0.205. The molecule has 0 aliphatic heterocycles. The van der Waals surface area contributed by atoms with Crippen LogP contribution in [0, 0.1) is 0 Å². The number of methoxy groups -OCH3 is 1. The number of carbonyl (C=O) groups excluding carboxylic acids is 1. The number of rotatable bonds is 5. The third kappa shape index (κ3) is 3.76. The maximum absolute atomic E-state index is 11.3. The van der Waals surface area contributed by atoms with Gasteiger partial charge < -0.3 is 20.9 Å². The van der Waals surface area contributed by atoms with Gasteiger partial charge in [0.1, 0.15) is 5.75 Å². The zero-order valence-electron chi connectivity index (χ0n) is 9.34. The molecule has 6 nitrogen and oxygen atoms in total. The molecule has 0 heterocycles. The van der Waals surface area contributed by atoms with Crippen molar-refractivity contribution in [3.8, 4) is 5.75 Å². The zero-order valence-corrected chi connectivity index (χ0v) is 9.34. The van der Waals surface area contributed by atoms with E-state index in [-0.39, 0.29) is 6.54 Å². The lowest BCUT2D eigenvalue weighted by Gasteiger charge is -2.09. The summed E-state index contributed by atoms with van der Waals surface area (Å²) in [5.41, 5.74) is 5.95. The van der Waals surface area contributed by atoms with Crippen LogP contribution in [0.15, 0.2) is 24.3 Å². The van der Waals surface area contributed by atoms with E-state index in [1.54, 1.807) is 24.3 Å². The van der Waals surface area contributed by atoms with Crippen molar-refractivity contribution in [1.29, 1.82) is 0 Å². The van der Waals surface area contributed by atoms with Crippen LogP contribution >= 0.6 is 0 Å². The average Bonchev–Trinajstić information content (AvgIpc) is 2.35. The molecule has 1 unspecified atom stereocenters. The summed E-state index contributed by atoms with van der Waals surface area (Å²) >= 11 is 0. The Kier molecular flexibility index (Phi) is 4.47. The molecular formula is C11H14N2O4. The molecule has 0 bridgehead atoms. The van der Waals surface area contributed by atoms with Crippen LogP contribution in [0.5, 0.6) is 5.75 Å². The highest BCUT2D eigenvalue weighted by Crippen LogP contribution is 2.11. The van der Waals surface area contributed by atoms with Gasteiger partial charge in [-0.05, 0) is 17.7 Å². The van der Waals surface area contributed by atoms with Crippen LogP contribution in [0.4, 0.5) is 0 Å². The lowest BCUT2D eigenvalue weighted by molar-refractivity contribution is -0.142. The van der Waals surface area contributed by atoms with Gasteiger partial charge in [0, 0.05) is 6.54 Å². The van der Waals surface area contributed by atoms with E-state index in [9.17, 15) is 9.59 Å². The second kappa shape index (κ2) is 5.86. The Balaban J connectivity index is 2.55. The van der Waals surface area contributed by atoms with E-state index in [4.69, 9.17) is 15.6 Å². The molecule has 0 aliphatic rings. The van der Waals surface area contributed by atoms with Crippen molar-refractivity contribution in [3.63, 3.8) is 0 Å². The molecule has 1 amide bonds. The first-order valence-corrected chi connectivity index (χ1v) is 4.93. The highest BCUT2D eigenvalue weighted by Gasteiger charge is 2.20. The smallest absolute Gasteiger partial charge is 0.330 e. The summed E-state index contributed by atoms with van der Waals surface area (Å²) in [4.78, 5) is 21.7. The number of ether oxygens (including phenoxy) is 1. The maximum Gasteiger partial charge on any atom is 0.330 e. The zero-order chi connectivity index (χ0) is 12.8. The lowest BCUT2D eigenvalue weighted by atomic mass is 10.2. The number of carboxylic acids is 1. The van der Waals surface area contributed by atoms with Gasteiger partial charge in [-0.3, -0.25) is 4.79 Å². The number of amides is 1. The molecule has 0 radical (unpaired) electrons. The van der Waals surface area contributed by atoms with Crippen molar-refractivity contribution < 1.29 is 19.4 Å². The van der Waals surface area contributed by atoms with E-state index in [2.05, 4.69) is 5.32 Å². The molecule has 1 aromatic rings. The number of nitrogens with one attached hydrogen (secondary N) is 1. The fourth-order valence-electron chi connectivity index (χ4n) is 1.19. The van der Waals surface area contributed by atoms with Crippen LogP contribution in [-0.4, -0.2) is 30.1 Å². The molecule has 1 atom stereocenters. The lowest BCUT2D eigenvalue weighted by Crippen LogP contribution is -2.45. The first-order valence-electron chi connectivity index (χ1n) is 4.93. The van der Waals surface area contributed by atoms with Gasteiger partial charge in [-0.1, -0.05) is 12.1 Å². The predicted octanol–water partition coefficient (Wildman–Crippen LogP) is -0.277. The Hall–Kier alpha value is -2.08. The Morgan fingerprint density at radius 2 is 2.24 bits per heavy atom. The van der Waals surface area contributed by atoms with E-state index in [0.717, 1.165) is 5.56 Å². The SMILES string of the molecule is COc1cccc(CNC(=O)C(N)C(=O)O)c1. The third-order valence-electron chi connectivity index (χ3n) is 2.15. The summed E-state index contributed by atoms with van der Waals surface area (Å²) in [6.07, 6.45) is 0. The number of benzene rings is 1. The summed E-state index contributed by atoms with van der Waals surface area (Å²) < 4.78 is 5.02. The second-order valence-corrected chi connectivity index (χ2v) is 3.39. The minimum Gasteiger partial charge on any atom is -0.497 e. The number of carboxylic acid groups (broad SMARTS) is 1. The quantitative estimate of drug-likeness (QED) is 0.612. The monoisotopic (exact) mass is 238 g/mol. The van der Waals surface area contributed by atoms with Crippen molar-refractivity contribution in [2.45, 2.75) is 12.6 Å². The van der Waals surface area contributed by atoms with Gasteiger partial charge in [0.05, 0.1) is 7.11 Å². The van der Waals surface area contributed by atoms with Gasteiger partial charge in [-0.15, -0.1) is 0 Å². The highest BCUT2D eigenvalue weighted by molar-refractivity contribution is 6.00. The average molecular weight is 238 g/mol. The number of hydrogen-bond donors (Lipinski definition) is 3. The molecular weight excluding hydrogens is 224 g/mol. The van der Waals surface area contributed by atoms with Crippen molar-refractivity contribution in [3.05, 3.63) is 29.8 Å². The summed E-state index contributed by atoms with van der Waals surface area (Å²) in [7, 11) is 1.54. The Morgan fingerprint density at radius 1 is 1.53 bits per heavy atom. The number of aliphatic carboxylic acids is 1. The predicted molar refractivity (Wildman–Crippen MR) is 60.5 cm³/mol. The molecule has 0 saturated carbocycles. The standard InChI is InChI=1S/C11H14N2O4/c1-17-8-4-2-3-7(5-8)6-13-10(14)9(12)11(15)16/h2-5,9H,6,12H2,1H3,(H,13,14)(H,15,16). The second-order valence-electron chi connectivity index (χ2n) is 3.39. The molecule has 92 valence electrons. The molecule has 17 heavy (non-hydrogen) atoms. The Labute approximate surface area is 98.4 Å². The minimum atomic E-state index is -1.54. The van der Waals surface area contributed by atoms with Crippen molar-refractivity contribution >= 4 is 11.9 Å². The van der Waals surface area contributed by atoms with Crippen molar-refractivity contribution in [2.75, 3.05) is 7.11 Å². The first-order chi connectivity index (χ1) is 8.04. The van der Waals surface area contributed by atoms with Crippen LogP contribution in [0.25, 0.3) is 0 Å². The van der Waals surface area contributed by atoms with Crippen molar-refractivity contribution in [1.82, 2.24) is 5.32 Å². The van der Waals surface area contributed by atoms with Gasteiger partial charge in [0.15, 0.2) is 6.04 Å². The number of hydrogen-bond acceptors (Lipinski definition) is 4. The molecule has 4 N–H and O–H groups in total. The Morgan fingerprint density at radius 3 is 2.82 bits per heavy atom. The van der Waals surface area contributed by atoms with Crippen LogP contribution in [0.3, 0.4) is 0 Å². The number of carbonyl (C=O) groups is 2. The first kappa shape index (κ1) is 13.0. The van der Waals surface area contributed by atoms with E-state index in [1.165, 1.54) is 7.11 Å². The Bertz CT molecular complexity index is 420. The molecule has 0 aliphatic carbocycles. The topological polar surface area (TPSA) is 102 Å². The summed E-state index contributed by atoms with van der Waals surface area (Å²) in [5.74, 6) is -1.41. The summed E-state index contributed by atoms with van der Waals surface area (Å²) in [6, 6.07) is 5.54. The largest absolute Gasteiger partial charge is 0.497 e. The van der Waals surface area contributed by atoms with Gasteiger partial charge in [-0.25, -0.2) is 4.79 Å². The van der Waals surface area contributed by atoms with Gasteiger partial charge in [-0.2, -0.15) is 0 Å². The molecule has 0 saturated heterocycles. The molecule has 0 fully saturated rings. The van der Waals surface area contributed by atoms with Crippen LogP contribution in [0.1, 0.15) is 5.56 Å². The van der Waals surface area contributed by atoms with E-state index in [1.807, 2.05) is 0 Å².